The van der Waals surface area contributed by atoms with E-state index in [-0.39, 0.29) is 17.9 Å². The van der Waals surface area contributed by atoms with Gasteiger partial charge in [0.2, 0.25) is 0 Å². The third-order valence-corrected chi connectivity index (χ3v) is 5.94. The van der Waals surface area contributed by atoms with Gasteiger partial charge in [-0.1, -0.05) is 57.4 Å². The van der Waals surface area contributed by atoms with Crippen LogP contribution in [0.3, 0.4) is 0 Å². The highest BCUT2D eigenvalue weighted by Crippen LogP contribution is 2.22. The monoisotopic (exact) mass is 390 g/mol. The molecule has 0 saturated carbocycles. The Kier molecular flexibility index (Phi) is 11.2. The van der Waals surface area contributed by atoms with Crippen molar-refractivity contribution in [1.82, 2.24) is 5.32 Å². The second-order valence-corrected chi connectivity index (χ2v) is 8.04. The van der Waals surface area contributed by atoms with Crippen molar-refractivity contribution in [1.29, 1.82) is 0 Å². The molecule has 0 bridgehead atoms. The van der Waals surface area contributed by atoms with Crippen LogP contribution in [-0.4, -0.2) is 24.7 Å². The highest BCUT2D eigenvalue weighted by atomic mass is 16.5. The predicted octanol–water partition coefficient (Wildman–Crippen LogP) is 5.40. The van der Waals surface area contributed by atoms with Crippen LogP contribution in [0, 0.1) is 5.92 Å². The van der Waals surface area contributed by atoms with Gasteiger partial charge >= 0.3 is 5.97 Å². The highest BCUT2D eigenvalue weighted by molar-refractivity contribution is 5.72. The van der Waals surface area contributed by atoms with Crippen molar-refractivity contribution in [2.45, 2.75) is 98.6 Å². The largest absolute Gasteiger partial charge is 0.464 e. The molecule has 160 valence electrons. The molecule has 1 aliphatic heterocycles. The minimum atomic E-state index is -0.0526. The van der Waals surface area contributed by atoms with Gasteiger partial charge in [0.05, 0.1) is 5.92 Å². The quantitative estimate of drug-likeness (QED) is 0.366. The maximum atomic E-state index is 12.1. The molecule has 28 heavy (non-hydrogen) atoms. The number of carbonyl (C=O) groups excluding carboxylic acids is 1. The third kappa shape index (κ3) is 7.46. The van der Waals surface area contributed by atoms with E-state index in [0.29, 0.717) is 12.6 Å². The Labute approximate surface area is 172 Å². The van der Waals surface area contributed by atoms with Crippen LogP contribution in [0.25, 0.3) is 0 Å². The van der Waals surface area contributed by atoms with Crippen LogP contribution in [0.5, 0.6) is 0 Å². The van der Waals surface area contributed by atoms with Gasteiger partial charge in [-0.15, -0.1) is 0 Å². The number of carbonyl (C=O) groups is 1. The first-order chi connectivity index (χ1) is 13.4. The fourth-order valence-electron chi connectivity index (χ4n) is 3.62. The molecular formula is C24H42N2O2. The van der Waals surface area contributed by atoms with Gasteiger partial charge in [-0.3, -0.25) is 4.79 Å². The Bertz CT molecular complexity index is 585. The topological polar surface area (TPSA) is 64.3 Å². The van der Waals surface area contributed by atoms with Gasteiger partial charge in [0.1, 0.15) is 6.61 Å². The number of ether oxygens (including phenoxy) is 1. The van der Waals surface area contributed by atoms with Crippen molar-refractivity contribution in [3.05, 3.63) is 34.6 Å². The van der Waals surface area contributed by atoms with E-state index in [0.717, 1.165) is 50.6 Å². The van der Waals surface area contributed by atoms with Crippen LogP contribution in [0.1, 0.15) is 86.5 Å². The average Bonchev–Trinajstić information content (AvgIpc) is 3.18. The van der Waals surface area contributed by atoms with Crippen LogP contribution < -0.4 is 11.1 Å². The Hall–Kier alpha value is -1.55. The summed E-state index contributed by atoms with van der Waals surface area (Å²) in [5, 5.41) is 3.62. The maximum absolute atomic E-state index is 12.1. The fourth-order valence-corrected chi connectivity index (χ4v) is 3.62. The SMILES string of the molecule is CCCC(=C\C=C(/C)[C@H]1CC[C@@H](COC(=O)C(CC)CC)N1)/C(N)=C(\C)CC. The normalized spacial score (nSPS) is 21.8. The van der Waals surface area contributed by atoms with Crippen molar-refractivity contribution in [3.8, 4) is 0 Å². The minimum Gasteiger partial charge on any atom is -0.464 e. The summed E-state index contributed by atoms with van der Waals surface area (Å²) >= 11 is 0. The third-order valence-electron chi connectivity index (χ3n) is 5.94. The lowest BCUT2D eigenvalue weighted by atomic mass is 10.00. The van der Waals surface area contributed by atoms with Crippen LogP contribution >= 0.6 is 0 Å². The molecule has 1 saturated heterocycles. The zero-order valence-corrected chi connectivity index (χ0v) is 18.9. The Balaban J connectivity index is 2.67. The number of nitrogens with one attached hydrogen (secondary N) is 1. The second kappa shape index (κ2) is 12.8. The van der Waals surface area contributed by atoms with Gasteiger partial charge in [0, 0.05) is 17.8 Å². The lowest BCUT2D eigenvalue weighted by molar-refractivity contribution is -0.149. The van der Waals surface area contributed by atoms with Crippen LogP contribution in [0.15, 0.2) is 34.6 Å². The molecule has 0 aromatic rings. The van der Waals surface area contributed by atoms with E-state index < -0.39 is 0 Å². The number of nitrogens with two attached hydrogens (primary N) is 1. The molecule has 1 rings (SSSR count). The van der Waals surface area contributed by atoms with Gasteiger partial charge in [0.25, 0.3) is 0 Å². The molecule has 0 aromatic heterocycles. The molecule has 1 heterocycles. The van der Waals surface area contributed by atoms with E-state index in [9.17, 15) is 4.79 Å². The Morgan fingerprint density at radius 2 is 1.82 bits per heavy atom. The lowest BCUT2D eigenvalue weighted by Crippen LogP contribution is -2.34. The molecule has 2 atom stereocenters. The van der Waals surface area contributed by atoms with E-state index in [1.54, 1.807) is 0 Å². The van der Waals surface area contributed by atoms with Gasteiger partial charge < -0.3 is 15.8 Å². The number of rotatable bonds is 11. The van der Waals surface area contributed by atoms with Gasteiger partial charge in [-0.2, -0.15) is 0 Å². The molecule has 4 nitrogen and oxygen atoms in total. The molecule has 1 fully saturated rings. The molecule has 0 aromatic carbocycles. The number of esters is 1. The smallest absolute Gasteiger partial charge is 0.308 e. The summed E-state index contributed by atoms with van der Waals surface area (Å²) in [6.07, 6.45) is 11.3. The summed E-state index contributed by atoms with van der Waals surface area (Å²) in [7, 11) is 0. The zero-order valence-electron chi connectivity index (χ0n) is 18.9. The molecule has 0 unspecified atom stereocenters. The maximum Gasteiger partial charge on any atom is 0.308 e. The van der Waals surface area contributed by atoms with Gasteiger partial charge in [-0.05, 0) is 57.9 Å². The number of hydrogen-bond donors (Lipinski definition) is 2. The first-order valence-corrected chi connectivity index (χ1v) is 11.1. The average molecular weight is 391 g/mol. The Morgan fingerprint density at radius 3 is 2.39 bits per heavy atom. The molecule has 0 amide bonds. The summed E-state index contributed by atoms with van der Waals surface area (Å²) in [4.78, 5) is 12.1. The minimum absolute atomic E-state index is 0.0334. The lowest BCUT2D eigenvalue weighted by Gasteiger charge is -2.17. The van der Waals surface area contributed by atoms with E-state index in [1.165, 1.54) is 16.7 Å². The molecular weight excluding hydrogens is 348 g/mol. The summed E-state index contributed by atoms with van der Waals surface area (Å²) in [6.45, 7) is 13.2. The van der Waals surface area contributed by atoms with E-state index in [1.807, 2.05) is 13.8 Å². The molecule has 3 N–H and O–H groups in total. The van der Waals surface area contributed by atoms with Crippen LogP contribution in [0.2, 0.25) is 0 Å². The summed E-state index contributed by atoms with van der Waals surface area (Å²) in [5.74, 6) is -0.0192. The highest BCUT2D eigenvalue weighted by Gasteiger charge is 2.26. The summed E-state index contributed by atoms with van der Waals surface area (Å²) in [6, 6.07) is 0.589. The fraction of sp³-hybridized carbons (Fsp3) is 0.708. The second-order valence-electron chi connectivity index (χ2n) is 8.04. The Morgan fingerprint density at radius 1 is 1.14 bits per heavy atom. The molecule has 0 spiro atoms. The first kappa shape index (κ1) is 24.5. The summed E-state index contributed by atoms with van der Waals surface area (Å²) < 4.78 is 5.54. The molecule has 0 radical (unpaired) electrons. The first-order valence-electron chi connectivity index (χ1n) is 11.1. The van der Waals surface area contributed by atoms with E-state index >= 15 is 0 Å². The van der Waals surface area contributed by atoms with Crippen molar-refractivity contribution in [2.24, 2.45) is 11.7 Å². The molecule has 4 heteroatoms. The molecule has 1 aliphatic rings. The van der Waals surface area contributed by atoms with Crippen LogP contribution in [0.4, 0.5) is 0 Å². The molecule has 0 aliphatic carbocycles. The van der Waals surface area contributed by atoms with Crippen molar-refractivity contribution in [3.63, 3.8) is 0 Å². The standard InChI is InChI=1S/C24H42N2O2/c1-7-11-20(23(25)17(5)8-2)13-12-18(6)22-15-14-21(26-22)16-28-24(27)19(9-3)10-4/h12-13,19,21-22,26H,7-11,14-16,25H2,1-6H3/b18-12+,20-13+,23-17-/t21-,22+/m0/s1. The van der Waals surface area contributed by atoms with Gasteiger partial charge in [0.15, 0.2) is 0 Å². The number of hydrogen-bond acceptors (Lipinski definition) is 4. The predicted molar refractivity (Wildman–Crippen MR) is 119 cm³/mol. The van der Waals surface area contributed by atoms with E-state index in [2.05, 4.69) is 45.2 Å². The van der Waals surface area contributed by atoms with Gasteiger partial charge in [-0.25, -0.2) is 0 Å². The summed E-state index contributed by atoms with van der Waals surface area (Å²) in [5.41, 5.74) is 11.1. The number of allylic oxidation sites excluding steroid dienone is 4. The van der Waals surface area contributed by atoms with Crippen molar-refractivity contribution < 1.29 is 9.53 Å². The van der Waals surface area contributed by atoms with Crippen molar-refractivity contribution >= 4 is 5.97 Å². The van der Waals surface area contributed by atoms with E-state index in [4.69, 9.17) is 10.5 Å². The zero-order chi connectivity index (χ0) is 21.1. The van der Waals surface area contributed by atoms with Crippen LogP contribution in [-0.2, 0) is 9.53 Å². The van der Waals surface area contributed by atoms with Crippen molar-refractivity contribution in [2.75, 3.05) is 6.61 Å².